The van der Waals surface area contributed by atoms with Crippen LogP contribution in [0.5, 0.6) is 0 Å². The maximum absolute atomic E-state index is 3.46. The van der Waals surface area contributed by atoms with E-state index in [1.165, 1.54) is 10.6 Å². The highest BCUT2D eigenvalue weighted by molar-refractivity contribution is 9.10. The minimum Gasteiger partial charge on any atom is -0.380 e. The summed E-state index contributed by atoms with van der Waals surface area (Å²) in [6.07, 6.45) is 0. The van der Waals surface area contributed by atoms with Gasteiger partial charge in [-0.25, -0.2) is 0 Å². The third-order valence-corrected chi connectivity index (χ3v) is 4.17. The maximum atomic E-state index is 3.46. The van der Waals surface area contributed by atoms with E-state index in [4.69, 9.17) is 0 Å². The molecule has 0 spiro atoms. The van der Waals surface area contributed by atoms with Crippen LogP contribution in [-0.4, -0.2) is 14.1 Å². The fourth-order valence-corrected chi connectivity index (χ4v) is 2.90. The van der Waals surface area contributed by atoms with Gasteiger partial charge < -0.3 is 10.2 Å². The molecule has 1 aromatic heterocycles. The first-order valence-corrected chi connectivity index (χ1v) is 7.06. The van der Waals surface area contributed by atoms with E-state index < -0.39 is 0 Å². The van der Waals surface area contributed by atoms with Gasteiger partial charge in [0.05, 0.1) is 0 Å². The van der Waals surface area contributed by atoms with E-state index in [0.717, 1.165) is 16.7 Å². The van der Waals surface area contributed by atoms with Crippen LogP contribution in [0.2, 0.25) is 0 Å². The van der Waals surface area contributed by atoms with Gasteiger partial charge >= 0.3 is 0 Å². The minimum atomic E-state index is 0.873. The topological polar surface area (TPSA) is 15.3 Å². The molecule has 0 aliphatic rings. The number of thiophene rings is 1. The lowest BCUT2D eigenvalue weighted by Crippen LogP contribution is -2.08. The molecule has 0 radical (unpaired) electrons. The van der Waals surface area contributed by atoms with Gasteiger partial charge in [0.15, 0.2) is 0 Å². The molecular formula is C13H15BrN2S. The van der Waals surface area contributed by atoms with Crippen molar-refractivity contribution in [1.29, 1.82) is 0 Å². The Morgan fingerprint density at radius 3 is 2.47 bits per heavy atom. The van der Waals surface area contributed by atoms with Crippen LogP contribution in [0.15, 0.2) is 40.2 Å². The number of hydrogen-bond donors (Lipinski definition) is 1. The lowest BCUT2D eigenvalue weighted by atomic mass is 10.2. The second-order valence-electron chi connectivity index (χ2n) is 4.03. The van der Waals surface area contributed by atoms with Gasteiger partial charge in [0.1, 0.15) is 0 Å². The van der Waals surface area contributed by atoms with Crippen molar-refractivity contribution in [3.8, 4) is 0 Å². The summed E-state index contributed by atoms with van der Waals surface area (Å²) in [6, 6.07) is 10.6. The van der Waals surface area contributed by atoms with E-state index in [1.807, 2.05) is 14.1 Å². The molecule has 0 saturated carbocycles. The van der Waals surface area contributed by atoms with Gasteiger partial charge in [-0.05, 0) is 46.3 Å². The second-order valence-corrected chi connectivity index (χ2v) is 5.94. The largest absolute Gasteiger partial charge is 0.380 e. The Hall–Kier alpha value is -1.00. The highest BCUT2D eigenvalue weighted by atomic mass is 79.9. The molecule has 0 aliphatic carbocycles. The standard InChI is InChI=1S/C13H15BrN2S/c1-16(2)12-5-3-11(4-6-12)15-8-13-7-10(14)9-17-13/h3-7,9,15H,8H2,1-2H3. The van der Waals surface area contributed by atoms with Crippen LogP contribution in [0, 0.1) is 0 Å². The van der Waals surface area contributed by atoms with E-state index in [9.17, 15) is 0 Å². The summed E-state index contributed by atoms with van der Waals surface area (Å²) in [4.78, 5) is 3.42. The number of hydrogen-bond acceptors (Lipinski definition) is 3. The van der Waals surface area contributed by atoms with Gasteiger partial charge in [-0.15, -0.1) is 11.3 Å². The molecule has 0 saturated heterocycles. The molecule has 0 amide bonds. The van der Waals surface area contributed by atoms with Gasteiger partial charge in [-0.2, -0.15) is 0 Å². The fourth-order valence-electron chi connectivity index (χ4n) is 1.51. The smallest absolute Gasteiger partial charge is 0.0494 e. The quantitative estimate of drug-likeness (QED) is 0.911. The predicted octanol–water partition coefficient (Wildman–Crippen LogP) is 4.19. The van der Waals surface area contributed by atoms with Crippen LogP contribution in [-0.2, 0) is 6.54 Å². The van der Waals surface area contributed by atoms with E-state index in [0.29, 0.717) is 0 Å². The Morgan fingerprint density at radius 1 is 1.24 bits per heavy atom. The van der Waals surface area contributed by atoms with Crippen LogP contribution in [0.25, 0.3) is 0 Å². The number of anilines is 2. The Kier molecular flexibility index (Phi) is 4.07. The summed E-state index contributed by atoms with van der Waals surface area (Å²) in [6.45, 7) is 0.873. The van der Waals surface area contributed by atoms with Crippen LogP contribution >= 0.6 is 27.3 Å². The monoisotopic (exact) mass is 310 g/mol. The van der Waals surface area contributed by atoms with Crippen LogP contribution in [0.3, 0.4) is 0 Å². The third-order valence-electron chi connectivity index (χ3n) is 2.47. The van der Waals surface area contributed by atoms with Crippen molar-refractivity contribution in [2.24, 2.45) is 0 Å². The van der Waals surface area contributed by atoms with Crippen molar-refractivity contribution in [2.45, 2.75) is 6.54 Å². The Labute approximate surface area is 114 Å². The molecule has 0 atom stereocenters. The molecule has 4 heteroatoms. The zero-order chi connectivity index (χ0) is 12.3. The highest BCUT2D eigenvalue weighted by Gasteiger charge is 1.99. The van der Waals surface area contributed by atoms with Gasteiger partial charge in [-0.1, -0.05) is 0 Å². The summed E-state index contributed by atoms with van der Waals surface area (Å²) in [5.74, 6) is 0. The molecule has 90 valence electrons. The predicted molar refractivity (Wildman–Crippen MR) is 80.1 cm³/mol. The van der Waals surface area contributed by atoms with Crippen molar-refractivity contribution in [1.82, 2.24) is 0 Å². The normalized spacial score (nSPS) is 10.3. The summed E-state index contributed by atoms with van der Waals surface area (Å²) in [7, 11) is 4.09. The Balaban J connectivity index is 1.95. The zero-order valence-corrected chi connectivity index (χ0v) is 12.3. The Bertz CT molecular complexity index is 476. The lowest BCUT2D eigenvalue weighted by molar-refractivity contribution is 1.13. The summed E-state index contributed by atoms with van der Waals surface area (Å²) in [5, 5.41) is 5.51. The number of nitrogens with zero attached hydrogens (tertiary/aromatic N) is 1. The molecule has 2 rings (SSSR count). The van der Waals surface area contributed by atoms with E-state index in [2.05, 4.69) is 61.9 Å². The number of nitrogens with one attached hydrogen (secondary N) is 1. The van der Waals surface area contributed by atoms with Crippen molar-refractivity contribution in [3.05, 3.63) is 45.1 Å². The highest BCUT2D eigenvalue weighted by Crippen LogP contribution is 2.21. The molecule has 1 aromatic carbocycles. The van der Waals surface area contributed by atoms with Crippen LogP contribution in [0.4, 0.5) is 11.4 Å². The lowest BCUT2D eigenvalue weighted by Gasteiger charge is -2.13. The molecule has 17 heavy (non-hydrogen) atoms. The van der Waals surface area contributed by atoms with E-state index in [1.54, 1.807) is 11.3 Å². The number of rotatable bonds is 4. The van der Waals surface area contributed by atoms with Crippen molar-refractivity contribution in [3.63, 3.8) is 0 Å². The molecule has 1 heterocycles. The first-order chi connectivity index (χ1) is 8.15. The molecule has 0 aliphatic heterocycles. The van der Waals surface area contributed by atoms with Crippen LogP contribution < -0.4 is 10.2 Å². The molecule has 0 fully saturated rings. The summed E-state index contributed by atoms with van der Waals surface area (Å²) in [5.41, 5.74) is 2.37. The molecular weight excluding hydrogens is 296 g/mol. The summed E-state index contributed by atoms with van der Waals surface area (Å²) >= 11 is 5.22. The van der Waals surface area contributed by atoms with Crippen molar-refractivity contribution in [2.75, 3.05) is 24.3 Å². The van der Waals surface area contributed by atoms with Gasteiger partial charge in [0.25, 0.3) is 0 Å². The third kappa shape index (κ3) is 3.48. The van der Waals surface area contributed by atoms with Crippen molar-refractivity contribution < 1.29 is 0 Å². The second kappa shape index (κ2) is 5.56. The van der Waals surface area contributed by atoms with Gasteiger partial charge in [0, 0.05) is 46.7 Å². The first-order valence-electron chi connectivity index (χ1n) is 5.39. The van der Waals surface area contributed by atoms with Gasteiger partial charge in [-0.3, -0.25) is 0 Å². The molecule has 2 aromatic rings. The maximum Gasteiger partial charge on any atom is 0.0494 e. The molecule has 0 unspecified atom stereocenters. The van der Waals surface area contributed by atoms with E-state index in [-0.39, 0.29) is 0 Å². The van der Waals surface area contributed by atoms with Gasteiger partial charge in [0.2, 0.25) is 0 Å². The molecule has 0 bridgehead atoms. The first kappa shape index (κ1) is 12.5. The SMILES string of the molecule is CN(C)c1ccc(NCc2cc(Br)cs2)cc1. The minimum absolute atomic E-state index is 0.873. The fraction of sp³-hybridized carbons (Fsp3) is 0.231. The average Bonchev–Trinajstić information content (AvgIpc) is 2.73. The summed E-state index contributed by atoms with van der Waals surface area (Å²) < 4.78 is 1.15. The molecule has 2 nitrogen and oxygen atoms in total. The van der Waals surface area contributed by atoms with Crippen molar-refractivity contribution >= 4 is 38.6 Å². The number of benzene rings is 1. The number of halogens is 1. The van der Waals surface area contributed by atoms with E-state index >= 15 is 0 Å². The van der Waals surface area contributed by atoms with Crippen LogP contribution in [0.1, 0.15) is 4.88 Å². The Morgan fingerprint density at radius 2 is 1.94 bits per heavy atom. The zero-order valence-electron chi connectivity index (χ0n) is 9.90. The average molecular weight is 311 g/mol. The molecule has 1 N–H and O–H groups in total.